The molecule has 1 heterocycles. The van der Waals surface area contributed by atoms with Gasteiger partial charge in [0, 0.05) is 10.7 Å². The van der Waals surface area contributed by atoms with E-state index in [0.29, 0.717) is 30.4 Å². The van der Waals surface area contributed by atoms with Crippen molar-refractivity contribution in [2.45, 2.75) is 45.7 Å². The highest BCUT2D eigenvalue weighted by Crippen LogP contribution is 2.19. The van der Waals surface area contributed by atoms with Crippen LogP contribution in [0.5, 0.6) is 0 Å². The maximum Gasteiger partial charge on any atom is 0.411 e. The Labute approximate surface area is 187 Å². The number of nitrogens with zero attached hydrogens (tertiary/aromatic N) is 1. The van der Waals surface area contributed by atoms with Gasteiger partial charge in [-0.25, -0.2) is 9.59 Å². The molecule has 0 spiro atoms. The summed E-state index contributed by atoms with van der Waals surface area (Å²) in [7, 11) is 0. The molecule has 8 heteroatoms. The predicted molar refractivity (Wildman–Crippen MR) is 118 cm³/mol. The minimum absolute atomic E-state index is 0.00633. The minimum Gasteiger partial charge on any atom is -0.444 e. The first kappa shape index (κ1) is 22.9. The van der Waals surface area contributed by atoms with E-state index in [2.05, 4.69) is 5.32 Å². The lowest BCUT2D eigenvalue weighted by molar-refractivity contribution is -0.0691. The molecule has 7 nitrogen and oxygen atoms in total. The van der Waals surface area contributed by atoms with Gasteiger partial charge in [-0.3, -0.25) is 5.32 Å². The number of likely N-dealkylation sites (tertiary alicyclic amines) is 1. The molecule has 0 unspecified atom stereocenters. The summed E-state index contributed by atoms with van der Waals surface area (Å²) in [5.41, 5.74) is 1.95. The lowest BCUT2D eigenvalue weighted by Crippen LogP contribution is -2.55. The summed E-state index contributed by atoms with van der Waals surface area (Å²) in [5.74, 6) is 0. The number of carbonyl (C=O) groups is 2. The average molecular weight is 447 g/mol. The van der Waals surface area contributed by atoms with Crippen LogP contribution in [0.1, 0.15) is 31.9 Å². The summed E-state index contributed by atoms with van der Waals surface area (Å²) >= 11 is 5.84. The summed E-state index contributed by atoms with van der Waals surface area (Å²) in [4.78, 5) is 25.5. The molecule has 3 rings (SSSR count). The molecule has 0 atom stereocenters. The Kier molecular flexibility index (Phi) is 7.41. The van der Waals surface area contributed by atoms with Crippen LogP contribution in [0.15, 0.2) is 48.5 Å². The molecule has 1 aliphatic heterocycles. The highest BCUT2D eigenvalue weighted by atomic mass is 35.5. The highest BCUT2D eigenvalue weighted by Gasteiger charge is 2.34. The summed E-state index contributed by atoms with van der Waals surface area (Å²) in [6.45, 7) is 7.16. The van der Waals surface area contributed by atoms with E-state index in [4.69, 9.17) is 25.8 Å². The monoisotopic (exact) mass is 446 g/mol. The molecule has 31 heavy (non-hydrogen) atoms. The first-order valence-electron chi connectivity index (χ1n) is 10.0. The van der Waals surface area contributed by atoms with Crippen LogP contribution >= 0.6 is 11.6 Å². The lowest BCUT2D eigenvalue weighted by Gasteiger charge is -2.39. The van der Waals surface area contributed by atoms with Crippen LogP contribution in [-0.4, -0.2) is 41.9 Å². The van der Waals surface area contributed by atoms with E-state index < -0.39 is 11.7 Å². The predicted octanol–water partition coefficient (Wildman–Crippen LogP) is 5.22. The molecule has 0 bridgehead atoms. The zero-order valence-electron chi connectivity index (χ0n) is 17.9. The maximum absolute atomic E-state index is 11.9. The third-order valence-electron chi connectivity index (χ3n) is 4.47. The number of hydrogen-bond acceptors (Lipinski definition) is 5. The largest absolute Gasteiger partial charge is 0.444 e. The van der Waals surface area contributed by atoms with E-state index in [1.807, 2.05) is 32.9 Å². The van der Waals surface area contributed by atoms with Gasteiger partial charge in [0.1, 0.15) is 12.2 Å². The van der Waals surface area contributed by atoms with Gasteiger partial charge < -0.3 is 19.1 Å². The van der Waals surface area contributed by atoms with Crippen molar-refractivity contribution in [3.8, 4) is 0 Å². The summed E-state index contributed by atoms with van der Waals surface area (Å²) < 4.78 is 16.3. The van der Waals surface area contributed by atoms with Crippen molar-refractivity contribution in [1.29, 1.82) is 0 Å². The molecule has 1 aliphatic rings. The molecule has 0 saturated carbocycles. The van der Waals surface area contributed by atoms with Crippen LogP contribution in [0.25, 0.3) is 0 Å². The standard InChI is InChI=1S/C23H27ClN2O5/c1-23(2,3)31-22(28)26-12-20(13-26)29-14-17-6-10-19(11-7-17)25-21(27)30-15-16-4-8-18(24)9-5-16/h4-11,20H,12-15H2,1-3H3,(H,25,27). The van der Waals surface area contributed by atoms with Gasteiger partial charge in [-0.1, -0.05) is 35.9 Å². The number of halogens is 1. The topological polar surface area (TPSA) is 77.1 Å². The number of nitrogens with one attached hydrogen (secondary N) is 1. The molecule has 2 aromatic rings. The Morgan fingerprint density at radius 2 is 1.58 bits per heavy atom. The van der Waals surface area contributed by atoms with E-state index in [-0.39, 0.29) is 18.8 Å². The first-order chi connectivity index (χ1) is 14.7. The van der Waals surface area contributed by atoms with Crippen molar-refractivity contribution in [1.82, 2.24) is 4.90 Å². The van der Waals surface area contributed by atoms with Gasteiger partial charge in [0.15, 0.2) is 0 Å². The molecule has 1 N–H and O–H groups in total. The second-order valence-corrected chi connectivity index (χ2v) is 8.78. The molecule has 2 aromatic carbocycles. The van der Waals surface area contributed by atoms with Crippen LogP contribution in [0.3, 0.4) is 0 Å². The zero-order valence-corrected chi connectivity index (χ0v) is 18.6. The normalized spacial score (nSPS) is 14.0. The van der Waals surface area contributed by atoms with Crippen molar-refractivity contribution < 1.29 is 23.8 Å². The highest BCUT2D eigenvalue weighted by molar-refractivity contribution is 6.30. The smallest absolute Gasteiger partial charge is 0.411 e. The van der Waals surface area contributed by atoms with Crippen molar-refractivity contribution in [2.75, 3.05) is 18.4 Å². The number of ether oxygens (including phenoxy) is 3. The number of benzene rings is 2. The molecule has 2 amide bonds. The molecule has 1 saturated heterocycles. The minimum atomic E-state index is -0.532. The van der Waals surface area contributed by atoms with Crippen molar-refractivity contribution in [3.05, 3.63) is 64.7 Å². The second-order valence-electron chi connectivity index (χ2n) is 8.34. The third kappa shape index (κ3) is 7.45. The molecule has 0 aliphatic carbocycles. The first-order valence-corrected chi connectivity index (χ1v) is 10.4. The number of anilines is 1. The van der Waals surface area contributed by atoms with Crippen molar-refractivity contribution >= 4 is 29.5 Å². The fourth-order valence-electron chi connectivity index (χ4n) is 2.80. The Morgan fingerprint density at radius 1 is 1.00 bits per heavy atom. The van der Waals surface area contributed by atoms with Gasteiger partial charge in [-0.05, 0) is 56.2 Å². The van der Waals surface area contributed by atoms with Gasteiger partial charge in [-0.2, -0.15) is 0 Å². The van der Waals surface area contributed by atoms with Gasteiger partial charge in [-0.15, -0.1) is 0 Å². The van der Waals surface area contributed by atoms with Gasteiger partial charge >= 0.3 is 12.2 Å². The van der Waals surface area contributed by atoms with Crippen LogP contribution in [0.2, 0.25) is 5.02 Å². The lowest BCUT2D eigenvalue weighted by atomic mass is 10.1. The number of hydrogen-bond donors (Lipinski definition) is 1. The molecular formula is C23H27ClN2O5. The molecular weight excluding hydrogens is 420 g/mol. The van der Waals surface area contributed by atoms with E-state index in [0.717, 1.165) is 11.1 Å². The van der Waals surface area contributed by atoms with Crippen LogP contribution in [0, 0.1) is 0 Å². The zero-order chi connectivity index (χ0) is 22.4. The Morgan fingerprint density at radius 3 is 2.19 bits per heavy atom. The maximum atomic E-state index is 11.9. The van der Waals surface area contributed by atoms with E-state index in [1.54, 1.807) is 41.3 Å². The quantitative estimate of drug-likeness (QED) is 0.657. The Balaban J connectivity index is 1.35. The van der Waals surface area contributed by atoms with Gasteiger partial charge in [0.25, 0.3) is 0 Å². The number of rotatable bonds is 6. The summed E-state index contributed by atoms with van der Waals surface area (Å²) in [6.07, 6.45) is -0.852. The summed E-state index contributed by atoms with van der Waals surface area (Å²) in [6, 6.07) is 14.4. The SMILES string of the molecule is CC(C)(C)OC(=O)N1CC(OCc2ccc(NC(=O)OCc3ccc(Cl)cc3)cc2)C1. The van der Waals surface area contributed by atoms with Crippen molar-refractivity contribution in [3.63, 3.8) is 0 Å². The third-order valence-corrected chi connectivity index (χ3v) is 4.72. The molecule has 166 valence electrons. The Bertz CT molecular complexity index is 888. The second kappa shape index (κ2) is 10.0. The van der Waals surface area contributed by atoms with Gasteiger partial charge in [0.2, 0.25) is 0 Å². The molecule has 1 fully saturated rings. The molecule has 0 aromatic heterocycles. The van der Waals surface area contributed by atoms with Crippen LogP contribution < -0.4 is 5.32 Å². The van der Waals surface area contributed by atoms with Crippen LogP contribution in [0.4, 0.5) is 15.3 Å². The fraction of sp³-hybridized carbons (Fsp3) is 0.391. The van der Waals surface area contributed by atoms with E-state index in [1.165, 1.54) is 0 Å². The molecule has 0 radical (unpaired) electrons. The van der Waals surface area contributed by atoms with Crippen molar-refractivity contribution in [2.24, 2.45) is 0 Å². The number of carbonyl (C=O) groups excluding carboxylic acids is 2. The van der Waals surface area contributed by atoms with Crippen LogP contribution in [-0.2, 0) is 27.4 Å². The fourth-order valence-corrected chi connectivity index (χ4v) is 2.93. The average Bonchev–Trinajstić information content (AvgIpc) is 2.66. The van der Waals surface area contributed by atoms with Gasteiger partial charge in [0.05, 0.1) is 25.8 Å². The summed E-state index contributed by atoms with van der Waals surface area (Å²) in [5, 5.41) is 3.32. The number of amides is 2. The Hall–Kier alpha value is -2.77. The van der Waals surface area contributed by atoms with E-state index >= 15 is 0 Å². The van der Waals surface area contributed by atoms with E-state index in [9.17, 15) is 9.59 Å².